The van der Waals surface area contributed by atoms with Crippen molar-refractivity contribution in [2.24, 2.45) is 10.2 Å². The Kier molecular flexibility index (Phi) is 5.33. The summed E-state index contributed by atoms with van der Waals surface area (Å²) in [4.78, 5) is 24.7. The van der Waals surface area contributed by atoms with E-state index in [-0.39, 0.29) is 18.2 Å². The van der Waals surface area contributed by atoms with Crippen molar-refractivity contribution in [3.8, 4) is 11.1 Å². The third-order valence-electron chi connectivity index (χ3n) is 5.38. The number of amidine groups is 1. The highest BCUT2D eigenvalue weighted by molar-refractivity contribution is 8.15. The molecule has 6 nitrogen and oxygen atoms in total. The van der Waals surface area contributed by atoms with Gasteiger partial charge in [0, 0.05) is 23.2 Å². The van der Waals surface area contributed by atoms with Crippen LogP contribution in [0.2, 0.25) is 0 Å². The second kappa shape index (κ2) is 8.43. The molecule has 3 aromatic rings. The molecule has 32 heavy (non-hydrogen) atoms. The lowest BCUT2D eigenvalue weighted by molar-refractivity contribution is -0.122. The first-order valence-electron chi connectivity index (χ1n) is 10.3. The summed E-state index contributed by atoms with van der Waals surface area (Å²) in [5, 5.41) is 14.2. The van der Waals surface area contributed by atoms with Crippen LogP contribution in [-0.2, 0) is 9.59 Å². The molecule has 0 saturated carbocycles. The van der Waals surface area contributed by atoms with E-state index in [4.69, 9.17) is 0 Å². The molecule has 1 atom stereocenters. The van der Waals surface area contributed by atoms with Crippen LogP contribution in [0.5, 0.6) is 0 Å². The molecule has 1 heterocycles. The molecule has 2 N–H and O–H groups in total. The van der Waals surface area contributed by atoms with E-state index in [2.05, 4.69) is 33.0 Å². The predicted molar refractivity (Wildman–Crippen MR) is 129 cm³/mol. The topological polar surface area (TPSA) is 82.9 Å². The molecule has 0 spiro atoms. The van der Waals surface area contributed by atoms with Gasteiger partial charge in [0.2, 0.25) is 11.8 Å². The van der Waals surface area contributed by atoms with Crippen molar-refractivity contribution >= 4 is 40.1 Å². The van der Waals surface area contributed by atoms with Crippen LogP contribution >= 0.6 is 11.8 Å². The molecule has 0 radical (unpaired) electrons. The maximum absolute atomic E-state index is 12.4. The average molecular weight is 441 g/mol. The second-order valence-corrected chi connectivity index (χ2v) is 8.85. The Morgan fingerprint density at radius 2 is 1.50 bits per heavy atom. The minimum Gasteiger partial charge on any atom is -0.326 e. The highest BCUT2D eigenvalue weighted by Crippen LogP contribution is 2.36. The van der Waals surface area contributed by atoms with E-state index in [1.165, 1.54) is 11.8 Å². The van der Waals surface area contributed by atoms with E-state index in [1.807, 2.05) is 67.6 Å². The van der Waals surface area contributed by atoms with E-state index >= 15 is 0 Å². The average Bonchev–Trinajstić information content (AvgIpc) is 3.31. The molecule has 1 saturated heterocycles. The summed E-state index contributed by atoms with van der Waals surface area (Å²) in [6.07, 6.45) is 0.0611. The lowest BCUT2D eigenvalue weighted by atomic mass is 10.1. The predicted octanol–water partition coefficient (Wildman–Crippen LogP) is 4.34. The zero-order valence-electron chi connectivity index (χ0n) is 17.3. The number of aryl methyl sites for hydroxylation is 1. The largest absolute Gasteiger partial charge is 0.326 e. The quantitative estimate of drug-likeness (QED) is 0.463. The Hall–Kier alpha value is -3.71. The molecule has 0 aromatic heterocycles. The van der Waals surface area contributed by atoms with E-state index < -0.39 is 5.25 Å². The number of thioether (sulfide) groups is 1. The fraction of sp³-hybridized carbons (Fsp3) is 0.120. The summed E-state index contributed by atoms with van der Waals surface area (Å²) >= 11 is 1.23. The summed E-state index contributed by atoms with van der Waals surface area (Å²) in [6.45, 7) is 1.98. The van der Waals surface area contributed by atoms with Gasteiger partial charge in [0.25, 0.3) is 0 Å². The number of nitrogens with zero attached hydrogens (tertiary/aromatic N) is 2. The number of amides is 2. The molecule has 1 aliphatic heterocycles. The third-order valence-corrected chi connectivity index (χ3v) is 6.45. The fourth-order valence-corrected chi connectivity index (χ4v) is 4.72. The lowest BCUT2D eigenvalue weighted by Crippen LogP contribution is -2.28. The minimum absolute atomic E-state index is 0.0611. The third kappa shape index (κ3) is 3.94. The summed E-state index contributed by atoms with van der Waals surface area (Å²) in [5.41, 5.74) is 6.88. The van der Waals surface area contributed by atoms with E-state index in [0.717, 1.165) is 33.5 Å². The van der Waals surface area contributed by atoms with E-state index in [1.54, 1.807) is 0 Å². The van der Waals surface area contributed by atoms with Gasteiger partial charge >= 0.3 is 0 Å². The maximum Gasteiger partial charge on any atom is 0.240 e. The first kappa shape index (κ1) is 20.2. The van der Waals surface area contributed by atoms with Crippen LogP contribution in [0.1, 0.15) is 23.1 Å². The Morgan fingerprint density at radius 1 is 0.906 bits per heavy atom. The van der Waals surface area contributed by atoms with Gasteiger partial charge in [-0.25, -0.2) is 0 Å². The molecule has 1 unspecified atom stereocenters. The summed E-state index contributed by atoms with van der Waals surface area (Å²) in [6, 6.07) is 23.7. The number of hydrogen-bond acceptors (Lipinski definition) is 5. The Morgan fingerprint density at radius 3 is 2.12 bits per heavy atom. The Bertz CT molecular complexity index is 1230. The van der Waals surface area contributed by atoms with Crippen LogP contribution in [0.15, 0.2) is 83.0 Å². The number of fused-ring (bicyclic) bond motifs is 3. The zero-order chi connectivity index (χ0) is 22.1. The van der Waals surface area contributed by atoms with Crippen LogP contribution in [0, 0.1) is 6.92 Å². The molecule has 7 heteroatoms. The first-order chi connectivity index (χ1) is 15.6. The van der Waals surface area contributed by atoms with Gasteiger partial charge < -0.3 is 10.6 Å². The molecule has 158 valence electrons. The van der Waals surface area contributed by atoms with Gasteiger partial charge in [-0.15, -0.1) is 10.2 Å². The highest BCUT2D eigenvalue weighted by Gasteiger charge is 2.32. The first-order valence-corrected chi connectivity index (χ1v) is 11.2. The van der Waals surface area contributed by atoms with Crippen LogP contribution < -0.4 is 10.6 Å². The summed E-state index contributed by atoms with van der Waals surface area (Å²) < 4.78 is 0. The maximum atomic E-state index is 12.4. The number of carbonyl (C=O) groups excluding carboxylic acids is 2. The molecule has 0 bridgehead atoms. The van der Waals surface area contributed by atoms with Gasteiger partial charge in [-0.2, -0.15) is 0 Å². The number of anilines is 1. The zero-order valence-corrected chi connectivity index (χ0v) is 18.1. The summed E-state index contributed by atoms with van der Waals surface area (Å²) in [7, 11) is 0. The van der Waals surface area contributed by atoms with Crippen molar-refractivity contribution < 1.29 is 9.59 Å². The van der Waals surface area contributed by atoms with Gasteiger partial charge in [0.1, 0.15) is 11.0 Å². The molecular formula is C25H20N4O2S. The molecule has 2 aliphatic rings. The van der Waals surface area contributed by atoms with Crippen molar-refractivity contribution in [1.82, 2.24) is 5.32 Å². The van der Waals surface area contributed by atoms with Crippen molar-refractivity contribution in [1.29, 1.82) is 0 Å². The van der Waals surface area contributed by atoms with Crippen LogP contribution in [-0.4, -0.2) is 27.9 Å². The normalized spacial score (nSPS) is 17.7. The van der Waals surface area contributed by atoms with Crippen molar-refractivity contribution in [3.63, 3.8) is 0 Å². The molecule has 1 aliphatic carbocycles. The van der Waals surface area contributed by atoms with Crippen LogP contribution in [0.3, 0.4) is 0 Å². The number of rotatable bonds is 4. The Balaban J connectivity index is 1.31. The van der Waals surface area contributed by atoms with Gasteiger partial charge in [0.05, 0.1) is 0 Å². The lowest BCUT2D eigenvalue weighted by Gasteiger charge is -2.07. The number of benzene rings is 3. The van der Waals surface area contributed by atoms with Crippen molar-refractivity contribution in [3.05, 3.63) is 89.5 Å². The monoisotopic (exact) mass is 440 g/mol. The standard InChI is InChI=1S/C25H20N4O2S/c1-15-10-12-16(13-11-15)26-22(30)14-21-24(31)27-25(32-21)29-28-23-19-8-4-2-6-17(19)18-7-3-5-9-20(18)23/h2-13,21H,14H2,1H3,(H,26,30)(H,27,29,31). The van der Waals surface area contributed by atoms with Gasteiger partial charge in [-0.3, -0.25) is 9.59 Å². The molecule has 3 aromatic carbocycles. The fourth-order valence-electron chi connectivity index (χ4n) is 3.80. The van der Waals surface area contributed by atoms with Crippen molar-refractivity contribution in [2.75, 3.05) is 5.32 Å². The molecule has 1 fully saturated rings. The number of nitrogens with one attached hydrogen (secondary N) is 2. The molecular weight excluding hydrogens is 420 g/mol. The number of hydrogen-bond donors (Lipinski definition) is 2. The summed E-state index contributed by atoms with van der Waals surface area (Å²) in [5.74, 6) is -0.451. The SMILES string of the molecule is Cc1ccc(NC(=O)CC2S/C(=N/N=C3c4ccccc4-c4ccccc43)NC2=O)cc1. The van der Waals surface area contributed by atoms with Gasteiger partial charge in [0.15, 0.2) is 5.17 Å². The van der Waals surface area contributed by atoms with Crippen LogP contribution in [0.25, 0.3) is 11.1 Å². The molecule has 5 rings (SSSR count). The minimum atomic E-state index is -0.539. The van der Waals surface area contributed by atoms with Gasteiger partial charge in [-0.1, -0.05) is 78.0 Å². The van der Waals surface area contributed by atoms with Crippen LogP contribution in [0.4, 0.5) is 5.69 Å². The van der Waals surface area contributed by atoms with Gasteiger partial charge in [-0.05, 0) is 30.2 Å². The van der Waals surface area contributed by atoms with E-state index in [9.17, 15) is 9.59 Å². The molecule has 2 amide bonds. The smallest absolute Gasteiger partial charge is 0.240 e. The van der Waals surface area contributed by atoms with E-state index in [0.29, 0.717) is 10.9 Å². The van der Waals surface area contributed by atoms with Crippen molar-refractivity contribution in [2.45, 2.75) is 18.6 Å². The Labute approximate surface area is 189 Å². The highest BCUT2D eigenvalue weighted by atomic mass is 32.2. The second-order valence-electron chi connectivity index (χ2n) is 7.66. The number of carbonyl (C=O) groups is 2.